The van der Waals surface area contributed by atoms with Gasteiger partial charge in [0.15, 0.2) is 0 Å². The molecule has 1 unspecified atom stereocenters. The van der Waals surface area contributed by atoms with Gasteiger partial charge in [0.25, 0.3) is 0 Å². The molecule has 4 rings (SSSR count). The van der Waals surface area contributed by atoms with Crippen molar-refractivity contribution in [2.45, 2.75) is 24.8 Å². The zero-order valence-electron chi connectivity index (χ0n) is 16.5. The number of fused-ring (bicyclic) bond motifs is 3. The second kappa shape index (κ2) is 7.99. The average Bonchev–Trinajstić information content (AvgIpc) is 3.06. The molecular weight excluding hydrogens is 380 g/mol. The van der Waals surface area contributed by atoms with Crippen molar-refractivity contribution in [3.8, 4) is 11.1 Å². The summed E-state index contributed by atoms with van der Waals surface area (Å²) < 4.78 is 5.50. The SMILES string of the molecule is CC(Cc1ccncc1)(NC(=O)OCC1c2ccccc2-c2ccccc21)C(=O)O. The Kier molecular flexibility index (Phi) is 5.23. The number of ether oxygens (including phenoxy) is 1. The fraction of sp³-hybridized carbons (Fsp3) is 0.208. The maximum atomic E-state index is 12.5. The fourth-order valence-corrected chi connectivity index (χ4v) is 3.94. The van der Waals surface area contributed by atoms with Crippen LogP contribution in [0.25, 0.3) is 11.1 Å². The highest BCUT2D eigenvalue weighted by Crippen LogP contribution is 2.44. The lowest BCUT2D eigenvalue weighted by Gasteiger charge is -2.26. The highest BCUT2D eigenvalue weighted by Gasteiger charge is 2.36. The third-order valence-electron chi connectivity index (χ3n) is 5.50. The van der Waals surface area contributed by atoms with Crippen molar-refractivity contribution < 1.29 is 19.4 Å². The third kappa shape index (κ3) is 3.76. The van der Waals surface area contributed by atoms with E-state index in [9.17, 15) is 14.7 Å². The Bertz CT molecular complexity index is 1040. The molecule has 2 aromatic carbocycles. The minimum absolute atomic E-state index is 0.0839. The van der Waals surface area contributed by atoms with E-state index in [1.807, 2.05) is 36.4 Å². The van der Waals surface area contributed by atoms with Gasteiger partial charge in [0.2, 0.25) is 0 Å². The first kappa shape index (κ1) is 19.6. The van der Waals surface area contributed by atoms with Gasteiger partial charge in [0.1, 0.15) is 12.1 Å². The lowest BCUT2D eigenvalue weighted by molar-refractivity contribution is -0.143. The van der Waals surface area contributed by atoms with E-state index < -0.39 is 17.6 Å². The lowest BCUT2D eigenvalue weighted by atomic mass is 9.93. The van der Waals surface area contributed by atoms with Crippen LogP contribution in [0.4, 0.5) is 4.79 Å². The summed E-state index contributed by atoms with van der Waals surface area (Å²) in [6.45, 7) is 1.60. The number of rotatable bonds is 6. The number of nitrogens with one attached hydrogen (secondary N) is 1. The van der Waals surface area contributed by atoms with Crippen LogP contribution in [0.5, 0.6) is 0 Å². The molecule has 2 N–H and O–H groups in total. The summed E-state index contributed by atoms with van der Waals surface area (Å²) in [4.78, 5) is 28.3. The van der Waals surface area contributed by atoms with Gasteiger partial charge in [-0.25, -0.2) is 9.59 Å². The Hall–Kier alpha value is -3.67. The van der Waals surface area contributed by atoms with Gasteiger partial charge in [0, 0.05) is 24.7 Å². The highest BCUT2D eigenvalue weighted by atomic mass is 16.5. The van der Waals surface area contributed by atoms with Crippen molar-refractivity contribution in [2.24, 2.45) is 0 Å². The number of alkyl carbamates (subject to hydrolysis) is 1. The van der Waals surface area contributed by atoms with Gasteiger partial charge in [-0.15, -0.1) is 0 Å². The number of aliphatic carboxylic acids is 1. The van der Waals surface area contributed by atoms with Crippen molar-refractivity contribution in [2.75, 3.05) is 6.61 Å². The van der Waals surface area contributed by atoms with Crippen molar-refractivity contribution >= 4 is 12.1 Å². The molecule has 1 aliphatic rings. The number of aromatic nitrogens is 1. The molecule has 1 aliphatic carbocycles. The van der Waals surface area contributed by atoms with Crippen molar-refractivity contribution in [3.63, 3.8) is 0 Å². The van der Waals surface area contributed by atoms with Gasteiger partial charge >= 0.3 is 12.1 Å². The Labute approximate surface area is 174 Å². The molecular formula is C24H22N2O4. The Morgan fingerprint density at radius 3 is 2.13 bits per heavy atom. The van der Waals surface area contributed by atoms with E-state index >= 15 is 0 Å². The Morgan fingerprint density at radius 2 is 1.57 bits per heavy atom. The summed E-state index contributed by atoms with van der Waals surface area (Å²) >= 11 is 0. The predicted molar refractivity (Wildman–Crippen MR) is 112 cm³/mol. The monoisotopic (exact) mass is 402 g/mol. The molecule has 152 valence electrons. The van der Waals surface area contributed by atoms with Crippen LogP contribution in [0.15, 0.2) is 73.1 Å². The molecule has 1 amide bonds. The maximum Gasteiger partial charge on any atom is 0.408 e. The first-order chi connectivity index (χ1) is 14.5. The number of pyridine rings is 1. The Balaban J connectivity index is 1.47. The molecule has 0 spiro atoms. The van der Waals surface area contributed by atoms with Crippen LogP contribution in [0.1, 0.15) is 29.5 Å². The first-order valence-electron chi connectivity index (χ1n) is 9.73. The lowest BCUT2D eigenvalue weighted by Crippen LogP contribution is -2.54. The zero-order valence-corrected chi connectivity index (χ0v) is 16.5. The molecule has 1 atom stereocenters. The molecule has 30 heavy (non-hydrogen) atoms. The van der Waals surface area contributed by atoms with E-state index in [1.54, 1.807) is 24.5 Å². The summed E-state index contributed by atoms with van der Waals surface area (Å²) in [5, 5.41) is 12.2. The molecule has 0 aliphatic heterocycles. The molecule has 6 nitrogen and oxygen atoms in total. The second-order valence-corrected chi connectivity index (χ2v) is 7.62. The number of benzene rings is 2. The molecule has 0 saturated heterocycles. The topological polar surface area (TPSA) is 88.5 Å². The van der Waals surface area contributed by atoms with Crippen LogP contribution in [-0.2, 0) is 16.0 Å². The van der Waals surface area contributed by atoms with Gasteiger partial charge in [-0.2, -0.15) is 0 Å². The molecule has 0 fully saturated rings. The standard InChI is InChI=1S/C24H22N2O4/c1-24(22(27)28,14-16-10-12-25-13-11-16)26-23(29)30-15-21-19-8-4-2-6-17(19)18-7-3-5-9-20(18)21/h2-13,21H,14-15H2,1H3,(H,26,29)(H,27,28). The molecule has 0 bridgehead atoms. The quantitative estimate of drug-likeness (QED) is 0.650. The normalized spacial score (nSPS) is 14.3. The third-order valence-corrected chi connectivity index (χ3v) is 5.50. The number of carboxylic acids is 1. The molecule has 3 aromatic rings. The van der Waals surface area contributed by atoms with Crippen molar-refractivity contribution in [1.29, 1.82) is 0 Å². The van der Waals surface area contributed by atoms with E-state index in [0.29, 0.717) is 0 Å². The summed E-state index contributed by atoms with van der Waals surface area (Å²) in [6.07, 6.45) is 2.54. The van der Waals surface area contributed by atoms with Gasteiger partial charge in [0.05, 0.1) is 0 Å². The van der Waals surface area contributed by atoms with E-state index in [2.05, 4.69) is 22.4 Å². The number of nitrogens with zero attached hydrogens (tertiary/aromatic N) is 1. The maximum absolute atomic E-state index is 12.5. The number of carbonyl (C=O) groups is 2. The first-order valence-corrected chi connectivity index (χ1v) is 9.73. The number of amides is 1. The Morgan fingerprint density at radius 1 is 1.00 bits per heavy atom. The largest absolute Gasteiger partial charge is 0.480 e. The highest BCUT2D eigenvalue weighted by molar-refractivity contribution is 5.84. The predicted octanol–water partition coefficient (Wildman–Crippen LogP) is 4.01. The zero-order chi connectivity index (χ0) is 21.1. The van der Waals surface area contributed by atoms with Gasteiger partial charge in [-0.1, -0.05) is 48.5 Å². The van der Waals surface area contributed by atoms with Crippen molar-refractivity contribution in [1.82, 2.24) is 10.3 Å². The van der Waals surface area contributed by atoms with E-state index in [1.165, 1.54) is 6.92 Å². The van der Waals surface area contributed by atoms with Gasteiger partial charge in [-0.05, 0) is 46.9 Å². The van der Waals surface area contributed by atoms with Gasteiger partial charge in [-0.3, -0.25) is 4.98 Å². The van der Waals surface area contributed by atoms with Crippen LogP contribution in [-0.4, -0.2) is 34.3 Å². The van der Waals surface area contributed by atoms with Crippen LogP contribution in [0.2, 0.25) is 0 Å². The summed E-state index contributed by atoms with van der Waals surface area (Å²) in [6, 6.07) is 19.5. The molecule has 0 saturated carbocycles. The van der Waals surface area contributed by atoms with Crippen LogP contribution in [0, 0.1) is 0 Å². The minimum Gasteiger partial charge on any atom is -0.480 e. The molecule has 0 radical (unpaired) electrons. The molecule has 6 heteroatoms. The molecule has 1 aromatic heterocycles. The number of carboxylic acid groups (broad SMARTS) is 1. The van der Waals surface area contributed by atoms with E-state index in [-0.39, 0.29) is 18.9 Å². The summed E-state index contributed by atoms with van der Waals surface area (Å²) in [5.74, 6) is -1.22. The van der Waals surface area contributed by atoms with Gasteiger partial charge < -0.3 is 15.2 Å². The smallest absolute Gasteiger partial charge is 0.408 e. The van der Waals surface area contributed by atoms with Crippen LogP contribution < -0.4 is 5.32 Å². The minimum atomic E-state index is -1.50. The number of hydrogen-bond acceptors (Lipinski definition) is 4. The second-order valence-electron chi connectivity index (χ2n) is 7.62. The van der Waals surface area contributed by atoms with E-state index in [0.717, 1.165) is 27.8 Å². The average molecular weight is 402 g/mol. The van der Waals surface area contributed by atoms with Crippen LogP contribution in [0.3, 0.4) is 0 Å². The number of hydrogen-bond donors (Lipinski definition) is 2. The van der Waals surface area contributed by atoms with Crippen molar-refractivity contribution in [3.05, 3.63) is 89.7 Å². The molecule has 1 heterocycles. The van der Waals surface area contributed by atoms with E-state index in [4.69, 9.17) is 4.74 Å². The fourth-order valence-electron chi connectivity index (χ4n) is 3.94. The summed E-state index contributed by atoms with van der Waals surface area (Å²) in [5.41, 5.74) is 3.73. The summed E-state index contributed by atoms with van der Waals surface area (Å²) in [7, 11) is 0. The number of carbonyl (C=O) groups excluding carboxylic acids is 1. The van der Waals surface area contributed by atoms with Crippen LogP contribution >= 0.6 is 0 Å².